The number of nitrogens with one attached hydrogen (secondary N) is 1. The lowest BCUT2D eigenvalue weighted by atomic mass is 9.83. The highest BCUT2D eigenvalue weighted by Gasteiger charge is 2.61. The summed E-state index contributed by atoms with van der Waals surface area (Å²) in [6, 6.07) is 10.8. The summed E-state index contributed by atoms with van der Waals surface area (Å²) in [5.41, 5.74) is 1.24. The topological polar surface area (TPSA) is 87.8 Å². The van der Waals surface area contributed by atoms with E-state index >= 15 is 0 Å². The maximum Gasteiger partial charge on any atom is 0.254 e. The first-order chi connectivity index (χ1) is 15.1. The van der Waals surface area contributed by atoms with Gasteiger partial charge in [0.25, 0.3) is 5.91 Å². The molecule has 7 nitrogen and oxygen atoms in total. The fourth-order valence-electron chi connectivity index (χ4n) is 5.57. The van der Waals surface area contributed by atoms with Gasteiger partial charge in [-0.1, -0.05) is 23.7 Å². The molecule has 3 aliphatic heterocycles. The van der Waals surface area contributed by atoms with E-state index in [1.54, 1.807) is 24.5 Å². The highest BCUT2D eigenvalue weighted by molar-refractivity contribution is 6.35. The molecule has 0 saturated carbocycles. The number of furan rings is 1. The fraction of sp³-hybridized carbons (Fsp3) is 0.391. The van der Waals surface area contributed by atoms with Crippen molar-refractivity contribution in [1.29, 1.82) is 0 Å². The molecule has 1 spiro atoms. The number of aliphatic hydroxyl groups excluding tert-OH is 1. The summed E-state index contributed by atoms with van der Waals surface area (Å²) in [6.45, 7) is 2.56. The van der Waals surface area contributed by atoms with Crippen LogP contribution in [0.4, 0.5) is 0 Å². The predicted octanol–water partition coefficient (Wildman–Crippen LogP) is 2.57. The average molecular weight is 440 g/mol. The van der Waals surface area contributed by atoms with Gasteiger partial charge in [-0.15, -0.1) is 0 Å². The first-order valence-electron chi connectivity index (χ1n) is 10.5. The van der Waals surface area contributed by atoms with Crippen molar-refractivity contribution in [1.82, 2.24) is 15.2 Å². The second-order valence-corrected chi connectivity index (χ2v) is 9.07. The van der Waals surface area contributed by atoms with Crippen molar-refractivity contribution in [2.45, 2.75) is 11.7 Å². The number of hydrogen-bond donors (Lipinski definition) is 2. The van der Waals surface area contributed by atoms with E-state index in [1.807, 2.05) is 23.1 Å². The maximum atomic E-state index is 13.8. The average Bonchev–Trinajstić information content (AvgIpc) is 3.47. The third kappa shape index (κ3) is 2.84. The van der Waals surface area contributed by atoms with E-state index in [2.05, 4.69) is 10.3 Å². The first kappa shape index (κ1) is 19.3. The number of aliphatic hydroxyl groups is 1. The molecule has 5 heterocycles. The highest BCUT2D eigenvalue weighted by Crippen LogP contribution is 2.47. The molecule has 0 aliphatic carbocycles. The van der Waals surface area contributed by atoms with E-state index in [1.165, 1.54) is 0 Å². The number of morpholine rings is 1. The van der Waals surface area contributed by atoms with Crippen LogP contribution in [0.3, 0.4) is 0 Å². The van der Waals surface area contributed by atoms with Gasteiger partial charge in [-0.3, -0.25) is 4.79 Å². The summed E-state index contributed by atoms with van der Waals surface area (Å²) in [4.78, 5) is 20.3. The molecule has 3 saturated heterocycles. The largest absolute Gasteiger partial charge is 0.463 e. The minimum absolute atomic E-state index is 0.00659. The minimum atomic E-state index is -0.434. The third-order valence-electron chi connectivity index (χ3n) is 6.99. The molecule has 0 unspecified atom stereocenters. The molecule has 160 valence electrons. The smallest absolute Gasteiger partial charge is 0.254 e. The number of amides is 1. The number of pyridine rings is 1. The summed E-state index contributed by atoms with van der Waals surface area (Å²) in [6.07, 6.45) is 1.58. The standard InChI is InChI=1S/C23H22ClN3O4/c24-17-4-1-3-13-14(7-18(26-21(13)17)19-5-2-6-30-19)22(29)27-9-16-15(10-28)20-8-25-11-23(16,12-27)31-20/h1-7,15-16,20,25,28H,8-12H2/t15-,16+,20+,23+/m0/s1. The number of benzene rings is 1. The van der Waals surface area contributed by atoms with Crippen molar-refractivity contribution in [2.24, 2.45) is 11.8 Å². The first-order valence-corrected chi connectivity index (χ1v) is 10.9. The zero-order valence-electron chi connectivity index (χ0n) is 16.8. The van der Waals surface area contributed by atoms with Crippen LogP contribution in [0.5, 0.6) is 0 Å². The quantitative estimate of drug-likeness (QED) is 0.652. The number of hydrogen-bond acceptors (Lipinski definition) is 6. The Morgan fingerprint density at radius 2 is 2.26 bits per heavy atom. The lowest BCUT2D eigenvalue weighted by Crippen LogP contribution is -2.52. The third-order valence-corrected chi connectivity index (χ3v) is 7.30. The molecule has 8 heteroatoms. The Morgan fingerprint density at radius 1 is 1.35 bits per heavy atom. The molecule has 3 fully saturated rings. The zero-order valence-corrected chi connectivity index (χ0v) is 17.5. The molecule has 4 atom stereocenters. The van der Waals surface area contributed by atoms with Gasteiger partial charge in [0.1, 0.15) is 11.3 Å². The Bertz CT molecular complexity index is 1170. The number of para-hydroxylation sites is 1. The van der Waals surface area contributed by atoms with Crippen LogP contribution in [0.1, 0.15) is 10.4 Å². The van der Waals surface area contributed by atoms with Crippen LogP contribution < -0.4 is 5.32 Å². The Kier molecular flexibility index (Phi) is 4.37. The number of carbonyl (C=O) groups is 1. The summed E-state index contributed by atoms with van der Waals surface area (Å²) in [5.74, 6) is 0.641. The molecule has 31 heavy (non-hydrogen) atoms. The van der Waals surface area contributed by atoms with Gasteiger partial charge in [0.2, 0.25) is 0 Å². The van der Waals surface area contributed by atoms with E-state index in [0.29, 0.717) is 52.6 Å². The lowest BCUT2D eigenvalue weighted by Gasteiger charge is -2.34. The maximum absolute atomic E-state index is 13.8. The minimum Gasteiger partial charge on any atom is -0.463 e. The van der Waals surface area contributed by atoms with Crippen LogP contribution in [0.15, 0.2) is 47.1 Å². The van der Waals surface area contributed by atoms with Crippen LogP contribution in [-0.2, 0) is 4.74 Å². The molecule has 2 N–H and O–H groups in total. The zero-order chi connectivity index (χ0) is 21.2. The number of halogens is 1. The van der Waals surface area contributed by atoms with E-state index in [4.69, 9.17) is 20.8 Å². The number of fused-ring (bicyclic) bond motifs is 2. The van der Waals surface area contributed by atoms with E-state index in [9.17, 15) is 9.90 Å². The number of likely N-dealkylation sites (tertiary alicyclic amines) is 1. The predicted molar refractivity (Wildman–Crippen MR) is 115 cm³/mol. The van der Waals surface area contributed by atoms with Gasteiger partial charge < -0.3 is 24.5 Å². The lowest BCUT2D eigenvalue weighted by molar-refractivity contribution is -0.0726. The normalized spacial score (nSPS) is 29.5. The molecule has 2 aromatic heterocycles. The Balaban J connectivity index is 1.42. The summed E-state index contributed by atoms with van der Waals surface area (Å²) >= 11 is 6.44. The van der Waals surface area contributed by atoms with Crippen molar-refractivity contribution in [2.75, 3.05) is 32.8 Å². The van der Waals surface area contributed by atoms with Gasteiger partial charge in [-0.05, 0) is 24.3 Å². The van der Waals surface area contributed by atoms with Crippen LogP contribution in [-0.4, -0.2) is 65.4 Å². The molecule has 3 aromatic rings. The van der Waals surface area contributed by atoms with Gasteiger partial charge in [0.05, 0.1) is 35.0 Å². The van der Waals surface area contributed by atoms with Gasteiger partial charge in [0, 0.05) is 43.5 Å². The molecule has 3 aliphatic rings. The van der Waals surface area contributed by atoms with Crippen LogP contribution in [0, 0.1) is 11.8 Å². The molecule has 0 radical (unpaired) electrons. The molecular formula is C23H22ClN3O4. The number of ether oxygens (including phenoxy) is 1. The molecule has 1 aromatic carbocycles. The SMILES string of the molecule is O=C(c1cc(-c2ccco2)nc2c(Cl)cccc12)N1C[C@@H]2[C@H](CO)[C@H]3CNC[C@]2(C1)O3. The number of nitrogens with zero attached hydrogens (tertiary/aromatic N) is 2. The van der Waals surface area contributed by atoms with Gasteiger partial charge in [-0.25, -0.2) is 4.98 Å². The number of rotatable bonds is 3. The van der Waals surface area contributed by atoms with Crippen LogP contribution in [0.2, 0.25) is 5.02 Å². The second-order valence-electron chi connectivity index (χ2n) is 8.66. The van der Waals surface area contributed by atoms with Crippen LogP contribution >= 0.6 is 11.6 Å². The van der Waals surface area contributed by atoms with Crippen molar-refractivity contribution in [3.05, 3.63) is 53.2 Å². The fourth-order valence-corrected chi connectivity index (χ4v) is 5.78. The summed E-state index contributed by atoms with van der Waals surface area (Å²) in [7, 11) is 0. The van der Waals surface area contributed by atoms with Crippen molar-refractivity contribution < 1.29 is 19.1 Å². The molecule has 2 bridgehead atoms. The summed E-state index contributed by atoms with van der Waals surface area (Å²) < 4.78 is 11.9. The Morgan fingerprint density at radius 3 is 3.06 bits per heavy atom. The summed E-state index contributed by atoms with van der Waals surface area (Å²) in [5, 5.41) is 14.6. The number of aromatic nitrogens is 1. The van der Waals surface area contributed by atoms with E-state index in [-0.39, 0.29) is 30.5 Å². The van der Waals surface area contributed by atoms with Crippen molar-refractivity contribution in [3.8, 4) is 11.5 Å². The molecular weight excluding hydrogens is 418 g/mol. The van der Waals surface area contributed by atoms with Gasteiger partial charge in [-0.2, -0.15) is 0 Å². The molecule has 6 rings (SSSR count). The monoisotopic (exact) mass is 439 g/mol. The van der Waals surface area contributed by atoms with Crippen molar-refractivity contribution in [3.63, 3.8) is 0 Å². The van der Waals surface area contributed by atoms with E-state index in [0.717, 1.165) is 6.54 Å². The van der Waals surface area contributed by atoms with Crippen molar-refractivity contribution >= 4 is 28.4 Å². The highest BCUT2D eigenvalue weighted by atomic mass is 35.5. The molecule has 1 amide bonds. The van der Waals surface area contributed by atoms with Crippen LogP contribution in [0.25, 0.3) is 22.4 Å². The van der Waals surface area contributed by atoms with Gasteiger partial charge >= 0.3 is 0 Å². The van der Waals surface area contributed by atoms with Gasteiger partial charge in [0.15, 0.2) is 5.76 Å². The Labute approximate surface area is 183 Å². The Hall–Kier alpha value is -2.45. The van der Waals surface area contributed by atoms with E-state index < -0.39 is 5.60 Å². The second kappa shape index (κ2) is 7.03. The number of carbonyl (C=O) groups excluding carboxylic acids is 1.